The summed E-state index contributed by atoms with van der Waals surface area (Å²) in [5, 5.41) is 0. The summed E-state index contributed by atoms with van der Waals surface area (Å²) in [6.07, 6.45) is 5.60. The molecule has 0 unspecified atom stereocenters. The fraction of sp³-hybridized carbons (Fsp3) is 0.333. The number of amides is 1. The lowest BCUT2D eigenvalue weighted by molar-refractivity contribution is -0.122. The van der Waals surface area contributed by atoms with E-state index in [1.54, 1.807) is 21.6 Å². The Bertz CT molecular complexity index is 1400. The Labute approximate surface area is 214 Å². The van der Waals surface area contributed by atoms with Gasteiger partial charge in [-0.15, -0.1) is 0 Å². The molecule has 2 aromatic heterocycles. The number of hydrogen-bond donors (Lipinski definition) is 0. The number of benzene rings is 1. The van der Waals surface area contributed by atoms with Gasteiger partial charge in [0.05, 0.1) is 17.0 Å². The minimum Gasteiger partial charge on any atom is -0.356 e. The molecule has 0 saturated carbocycles. The van der Waals surface area contributed by atoms with Gasteiger partial charge in [0, 0.05) is 19.3 Å². The first-order valence-electron chi connectivity index (χ1n) is 11.9. The number of nitrogens with zero attached hydrogens (tertiary/aromatic N) is 4. The molecule has 6 nitrogen and oxygen atoms in total. The summed E-state index contributed by atoms with van der Waals surface area (Å²) in [6.45, 7) is 8.32. The van der Waals surface area contributed by atoms with Crippen LogP contribution in [-0.4, -0.2) is 37.6 Å². The number of anilines is 1. The van der Waals surface area contributed by atoms with Gasteiger partial charge in [0.15, 0.2) is 0 Å². The van der Waals surface area contributed by atoms with E-state index in [1.165, 1.54) is 11.8 Å². The molecule has 1 amide bonds. The molecule has 0 aliphatic carbocycles. The van der Waals surface area contributed by atoms with Crippen molar-refractivity contribution >= 4 is 51.7 Å². The summed E-state index contributed by atoms with van der Waals surface area (Å²) in [5.41, 5.74) is 4.03. The van der Waals surface area contributed by atoms with Gasteiger partial charge in [-0.2, -0.15) is 0 Å². The number of carbonyl (C=O) groups is 1. The molecule has 180 valence electrons. The summed E-state index contributed by atoms with van der Waals surface area (Å²) in [5.74, 6) is 1.12. The summed E-state index contributed by atoms with van der Waals surface area (Å²) in [6, 6.07) is 11.9. The number of aryl methyl sites for hydroxylation is 2. The Morgan fingerprint density at radius 3 is 2.46 bits per heavy atom. The molecular formula is C27H28N4O2S2. The second kappa shape index (κ2) is 9.59. The highest BCUT2D eigenvalue weighted by molar-refractivity contribution is 8.26. The largest absolute Gasteiger partial charge is 0.356 e. The van der Waals surface area contributed by atoms with Crippen molar-refractivity contribution in [2.45, 2.75) is 40.2 Å². The monoisotopic (exact) mass is 504 g/mol. The van der Waals surface area contributed by atoms with E-state index >= 15 is 0 Å². The molecule has 2 aliphatic rings. The minimum atomic E-state index is -0.174. The van der Waals surface area contributed by atoms with Gasteiger partial charge in [-0.1, -0.05) is 66.8 Å². The number of carbonyl (C=O) groups excluding carboxylic acids is 1. The number of hydrogen-bond acceptors (Lipinski definition) is 6. The van der Waals surface area contributed by atoms with E-state index in [0.29, 0.717) is 38.7 Å². The molecule has 0 bridgehead atoms. The molecule has 0 spiro atoms. The lowest BCUT2D eigenvalue weighted by Gasteiger charge is -2.32. The zero-order chi connectivity index (χ0) is 24.7. The maximum atomic E-state index is 13.7. The van der Waals surface area contributed by atoms with Gasteiger partial charge in [-0.05, 0) is 55.9 Å². The third kappa shape index (κ3) is 4.77. The van der Waals surface area contributed by atoms with Crippen LogP contribution in [-0.2, 0) is 11.3 Å². The average Bonchev–Trinajstić information content (AvgIpc) is 3.10. The van der Waals surface area contributed by atoms with E-state index in [0.717, 1.165) is 42.6 Å². The maximum Gasteiger partial charge on any atom is 0.267 e. The van der Waals surface area contributed by atoms with Crippen LogP contribution in [0.3, 0.4) is 0 Å². The van der Waals surface area contributed by atoms with Crippen LogP contribution in [0, 0.1) is 19.8 Å². The van der Waals surface area contributed by atoms with Crippen molar-refractivity contribution in [2.24, 2.45) is 5.92 Å². The van der Waals surface area contributed by atoms with Gasteiger partial charge in [-0.25, -0.2) is 4.98 Å². The standard InChI is InChI=1S/C27H28N4O2S2/c1-17-4-7-20(8-5-17)16-31-26(33)22(35-27(31)34)14-21-24(29-12-10-18(2)11-13-29)28-23-9-6-19(3)15-30(23)25(21)32/h4-9,14-15,18H,10-13,16H2,1-3H3. The first kappa shape index (κ1) is 23.8. The van der Waals surface area contributed by atoms with E-state index in [-0.39, 0.29) is 11.5 Å². The molecule has 1 aromatic carbocycles. The van der Waals surface area contributed by atoms with Crippen LogP contribution in [0.4, 0.5) is 5.82 Å². The first-order chi connectivity index (χ1) is 16.8. The number of thiocarbonyl (C=S) groups is 1. The lowest BCUT2D eigenvalue weighted by Crippen LogP contribution is -2.36. The zero-order valence-corrected chi connectivity index (χ0v) is 21.8. The summed E-state index contributed by atoms with van der Waals surface area (Å²) in [4.78, 5) is 36.2. The Balaban J connectivity index is 1.55. The van der Waals surface area contributed by atoms with Gasteiger partial charge in [0.1, 0.15) is 15.8 Å². The quantitative estimate of drug-likeness (QED) is 0.370. The molecule has 8 heteroatoms. The smallest absolute Gasteiger partial charge is 0.267 e. The molecule has 2 saturated heterocycles. The summed E-state index contributed by atoms with van der Waals surface area (Å²) < 4.78 is 2.07. The average molecular weight is 505 g/mol. The zero-order valence-electron chi connectivity index (χ0n) is 20.2. The lowest BCUT2D eigenvalue weighted by atomic mass is 9.99. The van der Waals surface area contributed by atoms with E-state index < -0.39 is 0 Å². The Kier molecular flexibility index (Phi) is 6.51. The minimum absolute atomic E-state index is 0.170. The van der Waals surface area contributed by atoms with Gasteiger partial charge >= 0.3 is 0 Å². The second-order valence-corrected chi connectivity index (χ2v) is 11.2. The number of fused-ring (bicyclic) bond motifs is 1. The van der Waals surface area contributed by atoms with Crippen molar-refractivity contribution in [3.63, 3.8) is 0 Å². The van der Waals surface area contributed by atoms with Crippen molar-refractivity contribution in [1.82, 2.24) is 14.3 Å². The van der Waals surface area contributed by atoms with Crippen LogP contribution in [0.25, 0.3) is 11.7 Å². The third-order valence-electron chi connectivity index (χ3n) is 6.68. The van der Waals surface area contributed by atoms with E-state index in [2.05, 4.69) is 11.8 Å². The molecule has 0 atom stereocenters. The fourth-order valence-corrected chi connectivity index (χ4v) is 5.72. The molecule has 5 rings (SSSR count). The highest BCUT2D eigenvalue weighted by Gasteiger charge is 2.33. The van der Waals surface area contributed by atoms with Gasteiger partial charge in [0.25, 0.3) is 11.5 Å². The number of piperidine rings is 1. The van der Waals surface area contributed by atoms with E-state index in [9.17, 15) is 9.59 Å². The van der Waals surface area contributed by atoms with Crippen molar-refractivity contribution in [2.75, 3.05) is 18.0 Å². The van der Waals surface area contributed by atoms with Crippen molar-refractivity contribution in [3.05, 3.63) is 80.1 Å². The number of aromatic nitrogens is 2. The Hall–Kier alpha value is -2.97. The number of rotatable bonds is 4. The van der Waals surface area contributed by atoms with Crippen LogP contribution in [0.5, 0.6) is 0 Å². The molecule has 35 heavy (non-hydrogen) atoms. The number of pyridine rings is 1. The molecule has 0 radical (unpaired) electrons. The Morgan fingerprint density at radius 2 is 1.74 bits per heavy atom. The van der Waals surface area contributed by atoms with Crippen LogP contribution in [0.15, 0.2) is 52.3 Å². The summed E-state index contributed by atoms with van der Waals surface area (Å²) in [7, 11) is 0. The molecule has 0 N–H and O–H groups in total. The number of thioether (sulfide) groups is 1. The molecular weight excluding hydrogens is 476 g/mol. The predicted octanol–water partition coefficient (Wildman–Crippen LogP) is 4.95. The van der Waals surface area contributed by atoms with Gasteiger partial charge in [0.2, 0.25) is 0 Å². The third-order valence-corrected chi connectivity index (χ3v) is 8.06. The first-order valence-corrected chi connectivity index (χ1v) is 13.1. The predicted molar refractivity (Wildman–Crippen MR) is 147 cm³/mol. The fourth-order valence-electron chi connectivity index (χ4n) is 4.48. The molecule has 2 aliphatic heterocycles. The second-order valence-electron chi connectivity index (χ2n) is 9.51. The van der Waals surface area contributed by atoms with Crippen molar-refractivity contribution in [3.8, 4) is 0 Å². The highest BCUT2D eigenvalue weighted by Crippen LogP contribution is 2.35. The molecule has 2 fully saturated rings. The summed E-state index contributed by atoms with van der Waals surface area (Å²) >= 11 is 6.80. The van der Waals surface area contributed by atoms with Crippen LogP contribution < -0.4 is 10.5 Å². The van der Waals surface area contributed by atoms with Crippen molar-refractivity contribution in [1.29, 1.82) is 0 Å². The van der Waals surface area contributed by atoms with Crippen LogP contribution in [0.1, 0.15) is 42.0 Å². The molecule has 3 aromatic rings. The van der Waals surface area contributed by atoms with Gasteiger partial charge < -0.3 is 4.90 Å². The highest BCUT2D eigenvalue weighted by atomic mass is 32.2. The van der Waals surface area contributed by atoms with Crippen molar-refractivity contribution < 1.29 is 4.79 Å². The molecule has 4 heterocycles. The maximum absolute atomic E-state index is 13.7. The van der Waals surface area contributed by atoms with E-state index in [4.69, 9.17) is 17.2 Å². The SMILES string of the molecule is Cc1ccc(CN2C(=O)C(=Cc3c(N4CCC(C)CC4)nc4ccc(C)cn4c3=O)SC2=S)cc1. The normalized spacial score (nSPS) is 18.3. The van der Waals surface area contributed by atoms with Crippen LogP contribution in [0.2, 0.25) is 0 Å². The topological polar surface area (TPSA) is 57.9 Å². The van der Waals surface area contributed by atoms with Crippen LogP contribution >= 0.6 is 24.0 Å². The van der Waals surface area contributed by atoms with E-state index in [1.807, 2.05) is 50.2 Å². The Morgan fingerprint density at radius 1 is 1.06 bits per heavy atom. The van der Waals surface area contributed by atoms with Gasteiger partial charge in [-0.3, -0.25) is 18.9 Å².